The monoisotopic (exact) mass is 264 g/mol. The van der Waals surface area contributed by atoms with Gasteiger partial charge in [-0.3, -0.25) is 9.35 Å². The van der Waals surface area contributed by atoms with Gasteiger partial charge in [0, 0.05) is 19.3 Å². The molecule has 6 heteroatoms. The summed E-state index contributed by atoms with van der Waals surface area (Å²) in [5.74, 6) is -0.178. The topological polar surface area (TPSA) is 71.4 Å². The number of rotatable bonds is 9. The van der Waals surface area contributed by atoms with Crippen LogP contribution < -0.4 is 0 Å². The van der Waals surface area contributed by atoms with Crippen LogP contribution in [0.4, 0.5) is 0 Å². The number of carbonyl (C=O) groups is 1. The third-order valence-electron chi connectivity index (χ3n) is 2.58. The van der Waals surface area contributed by atoms with Crippen molar-refractivity contribution in [1.82, 2.24) is 0 Å². The molecule has 0 unspecified atom stereocenters. The summed E-state index contributed by atoms with van der Waals surface area (Å²) in [5, 5.41) is 0. The van der Waals surface area contributed by atoms with Crippen LogP contribution in [0.25, 0.3) is 0 Å². The molecule has 5 nitrogen and oxygen atoms in total. The van der Waals surface area contributed by atoms with Crippen LogP contribution in [0.3, 0.4) is 0 Å². The third-order valence-corrected chi connectivity index (χ3v) is 3.38. The molecule has 0 aliphatic carbocycles. The van der Waals surface area contributed by atoms with Gasteiger partial charge in [0.15, 0.2) is 5.78 Å². The first-order valence-electron chi connectivity index (χ1n) is 5.59. The Morgan fingerprint density at radius 1 is 1.29 bits per heavy atom. The highest BCUT2D eigenvalue weighted by Gasteiger charge is 2.16. The second kappa shape index (κ2) is 6.88. The van der Waals surface area contributed by atoms with Crippen LogP contribution in [0, 0.1) is 0 Å². The molecule has 17 heavy (non-hydrogen) atoms. The zero-order chi connectivity index (χ0) is 13.5. The average Bonchev–Trinajstić information content (AvgIpc) is 2.14. The van der Waals surface area contributed by atoms with E-state index in [-0.39, 0.29) is 11.5 Å². The lowest BCUT2D eigenvalue weighted by Crippen LogP contribution is -2.42. The van der Waals surface area contributed by atoms with Gasteiger partial charge in [0.2, 0.25) is 0 Å². The normalized spacial score (nSPS) is 12.4. The zero-order valence-corrected chi connectivity index (χ0v) is 11.4. The summed E-state index contributed by atoms with van der Waals surface area (Å²) in [6.45, 7) is 4.85. The molecule has 0 saturated heterocycles. The second-order valence-electron chi connectivity index (χ2n) is 4.80. The third kappa shape index (κ3) is 10.2. The Hall–Kier alpha value is -0.720. The van der Waals surface area contributed by atoms with Crippen LogP contribution in [-0.4, -0.2) is 56.2 Å². The van der Waals surface area contributed by atoms with E-state index >= 15 is 0 Å². The van der Waals surface area contributed by atoms with Crippen molar-refractivity contribution in [2.75, 3.05) is 32.9 Å². The first kappa shape index (κ1) is 16.3. The molecule has 0 spiro atoms. The molecule has 0 aliphatic rings. The summed E-state index contributed by atoms with van der Waals surface area (Å²) < 4.78 is 30.3. The van der Waals surface area contributed by atoms with Crippen molar-refractivity contribution in [3.63, 3.8) is 0 Å². The Morgan fingerprint density at radius 3 is 2.29 bits per heavy atom. The molecule has 0 aliphatic heterocycles. The molecular formula is C11H22NO4S+. The maximum atomic E-state index is 11.0. The number of allylic oxidation sites excluding steroid dienone is 1. The van der Waals surface area contributed by atoms with Gasteiger partial charge in [-0.15, -0.1) is 0 Å². The fraction of sp³-hybridized carbons (Fsp3) is 0.727. The smallest absolute Gasteiger partial charge is 0.265 e. The highest BCUT2D eigenvalue weighted by atomic mass is 32.2. The Bertz CT molecular complexity index is 360. The molecule has 0 bridgehead atoms. The SMILES string of the molecule is C=CC(=O)CCC[N+](C)(C)CCCS(=O)(=O)O. The van der Waals surface area contributed by atoms with Gasteiger partial charge in [-0.25, -0.2) is 0 Å². The van der Waals surface area contributed by atoms with E-state index in [1.165, 1.54) is 6.08 Å². The molecule has 0 aromatic carbocycles. The minimum absolute atomic E-state index is 0.0305. The minimum Gasteiger partial charge on any atom is -0.328 e. The molecule has 0 fully saturated rings. The van der Waals surface area contributed by atoms with Crippen molar-refractivity contribution in [2.24, 2.45) is 0 Å². The Labute approximate surface area is 103 Å². The van der Waals surface area contributed by atoms with Gasteiger partial charge < -0.3 is 4.48 Å². The molecule has 0 saturated carbocycles. The lowest BCUT2D eigenvalue weighted by Gasteiger charge is -2.29. The van der Waals surface area contributed by atoms with E-state index in [0.717, 1.165) is 13.0 Å². The maximum Gasteiger partial charge on any atom is 0.265 e. The maximum absolute atomic E-state index is 11.0. The van der Waals surface area contributed by atoms with E-state index in [1.807, 2.05) is 14.1 Å². The number of carbonyl (C=O) groups excluding carboxylic acids is 1. The number of hydrogen-bond acceptors (Lipinski definition) is 3. The highest BCUT2D eigenvalue weighted by Crippen LogP contribution is 2.05. The predicted octanol–water partition coefficient (Wildman–Crippen LogP) is 0.876. The summed E-state index contributed by atoms with van der Waals surface area (Å²) in [6.07, 6.45) is 2.97. The van der Waals surface area contributed by atoms with E-state index in [0.29, 0.717) is 23.9 Å². The molecule has 0 heterocycles. The van der Waals surface area contributed by atoms with E-state index in [9.17, 15) is 13.2 Å². The summed E-state index contributed by atoms with van der Waals surface area (Å²) in [6, 6.07) is 0. The van der Waals surface area contributed by atoms with Gasteiger partial charge in [0.1, 0.15) is 0 Å². The highest BCUT2D eigenvalue weighted by molar-refractivity contribution is 7.85. The number of quaternary nitrogens is 1. The lowest BCUT2D eigenvalue weighted by molar-refractivity contribution is -0.890. The van der Waals surface area contributed by atoms with Crippen LogP contribution in [0.5, 0.6) is 0 Å². The molecule has 0 radical (unpaired) electrons. The van der Waals surface area contributed by atoms with Crippen molar-refractivity contribution in [3.8, 4) is 0 Å². The van der Waals surface area contributed by atoms with Crippen LogP contribution in [0.2, 0.25) is 0 Å². The number of hydrogen-bond donors (Lipinski definition) is 1. The fourth-order valence-corrected chi connectivity index (χ4v) is 2.06. The number of nitrogens with zero attached hydrogens (tertiary/aromatic N) is 1. The van der Waals surface area contributed by atoms with Crippen LogP contribution in [-0.2, 0) is 14.9 Å². The van der Waals surface area contributed by atoms with Crippen molar-refractivity contribution in [1.29, 1.82) is 0 Å². The van der Waals surface area contributed by atoms with Crippen LogP contribution >= 0.6 is 0 Å². The van der Waals surface area contributed by atoms with Crippen molar-refractivity contribution < 1.29 is 22.2 Å². The summed E-state index contributed by atoms with van der Waals surface area (Å²) in [5.41, 5.74) is 0. The van der Waals surface area contributed by atoms with Crippen molar-refractivity contribution >= 4 is 15.9 Å². The Morgan fingerprint density at radius 2 is 1.82 bits per heavy atom. The van der Waals surface area contributed by atoms with E-state index < -0.39 is 10.1 Å². The molecule has 0 aromatic heterocycles. The van der Waals surface area contributed by atoms with Gasteiger partial charge >= 0.3 is 0 Å². The lowest BCUT2D eigenvalue weighted by atomic mass is 10.2. The van der Waals surface area contributed by atoms with Crippen LogP contribution in [0.1, 0.15) is 19.3 Å². The van der Waals surface area contributed by atoms with Gasteiger partial charge in [0.05, 0.1) is 32.9 Å². The second-order valence-corrected chi connectivity index (χ2v) is 6.37. The van der Waals surface area contributed by atoms with Gasteiger partial charge in [0.25, 0.3) is 10.1 Å². The molecule has 0 aromatic rings. The van der Waals surface area contributed by atoms with E-state index in [4.69, 9.17) is 4.55 Å². The van der Waals surface area contributed by atoms with Crippen LogP contribution in [0.15, 0.2) is 12.7 Å². The minimum atomic E-state index is -3.86. The quantitative estimate of drug-likeness (QED) is 0.381. The molecular weight excluding hydrogens is 242 g/mol. The first-order chi connectivity index (χ1) is 7.66. The molecule has 0 amide bonds. The summed E-state index contributed by atoms with van der Waals surface area (Å²) in [7, 11) is 0.0873. The Balaban J connectivity index is 3.87. The zero-order valence-electron chi connectivity index (χ0n) is 10.6. The molecule has 0 atom stereocenters. The van der Waals surface area contributed by atoms with Crippen molar-refractivity contribution in [2.45, 2.75) is 19.3 Å². The molecule has 0 rings (SSSR count). The first-order valence-corrected chi connectivity index (χ1v) is 7.20. The molecule has 1 N–H and O–H groups in total. The van der Waals surface area contributed by atoms with Gasteiger partial charge in [-0.05, 0) is 6.08 Å². The fourth-order valence-electron chi connectivity index (χ4n) is 1.57. The molecule has 100 valence electrons. The van der Waals surface area contributed by atoms with Crippen molar-refractivity contribution in [3.05, 3.63) is 12.7 Å². The number of ketones is 1. The van der Waals surface area contributed by atoms with Gasteiger partial charge in [-0.2, -0.15) is 8.42 Å². The van der Waals surface area contributed by atoms with Gasteiger partial charge in [-0.1, -0.05) is 6.58 Å². The average molecular weight is 264 g/mol. The predicted molar refractivity (Wildman–Crippen MR) is 67.3 cm³/mol. The Kier molecular flexibility index (Phi) is 6.59. The van der Waals surface area contributed by atoms with E-state index in [2.05, 4.69) is 6.58 Å². The largest absolute Gasteiger partial charge is 0.328 e. The summed E-state index contributed by atoms with van der Waals surface area (Å²) in [4.78, 5) is 11.0. The van der Waals surface area contributed by atoms with E-state index in [1.54, 1.807) is 0 Å². The standard InChI is InChI=1S/C11H21NO4S/c1-4-11(13)7-5-8-12(2,3)9-6-10-17(14,15)16/h4H,1,5-10H2,2-3H3/p+1. The summed E-state index contributed by atoms with van der Waals surface area (Å²) >= 11 is 0.